The van der Waals surface area contributed by atoms with Gasteiger partial charge < -0.3 is 5.32 Å². The minimum absolute atomic E-state index is 0.262. The molecule has 0 fully saturated rings. The first-order valence-electron chi connectivity index (χ1n) is 4.69. The van der Waals surface area contributed by atoms with E-state index >= 15 is 0 Å². The molecule has 1 amide bonds. The summed E-state index contributed by atoms with van der Waals surface area (Å²) in [5.74, 6) is -0.514. The molecule has 0 atom stereocenters. The lowest BCUT2D eigenvalue weighted by molar-refractivity contribution is 0.0919. The van der Waals surface area contributed by atoms with Crippen LogP contribution in [0.1, 0.15) is 24.2 Å². The first-order chi connectivity index (χ1) is 7.35. The van der Waals surface area contributed by atoms with Crippen molar-refractivity contribution in [2.45, 2.75) is 19.4 Å². The molecule has 5 heteroatoms. The van der Waals surface area contributed by atoms with Gasteiger partial charge >= 0.3 is 0 Å². The predicted octanol–water partition coefficient (Wildman–Crippen LogP) is 3.34. The van der Waals surface area contributed by atoms with Crippen molar-refractivity contribution in [1.82, 2.24) is 5.32 Å². The number of amides is 1. The van der Waals surface area contributed by atoms with E-state index in [0.29, 0.717) is 4.47 Å². The van der Waals surface area contributed by atoms with Crippen LogP contribution in [0.4, 0.5) is 4.39 Å². The highest BCUT2D eigenvalue weighted by Gasteiger charge is 2.21. The van der Waals surface area contributed by atoms with Gasteiger partial charge in [-0.3, -0.25) is 4.79 Å². The van der Waals surface area contributed by atoms with Gasteiger partial charge in [-0.15, -0.1) is 11.6 Å². The fourth-order valence-electron chi connectivity index (χ4n) is 1.08. The van der Waals surface area contributed by atoms with E-state index in [2.05, 4.69) is 21.2 Å². The second-order valence-corrected chi connectivity index (χ2v) is 5.22. The van der Waals surface area contributed by atoms with Crippen molar-refractivity contribution in [3.63, 3.8) is 0 Å². The molecule has 1 aromatic carbocycles. The van der Waals surface area contributed by atoms with Gasteiger partial charge in [0.1, 0.15) is 5.82 Å². The van der Waals surface area contributed by atoms with Gasteiger partial charge in [0.25, 0.3) is 5.91 Å². The summed E-state index contributed by atoms with van der Waals surface area (Å²) in [4.78, 5) is 11.8. The first kappa shape index (κ1) is 13.5. The van der Waals surface area contributed by atoms with Gasteiger partial charge in [0.05, 0.1) is 5.56 Å². The second kappa shape index (κ2) is 5.15. The predicted molar refractivity (Wildman–Crippen MR) is 66.4 cm³/mol. The molecular formula is C11H12BrClFNO. The van der Waals surface area contributed by atoms with E-state index in [0.717, 1.165) is 0 Å². The fraction of sp³-hybridized carbons (Fsp3) is 0.364. The highest BCUT2D eigenvalue weighted by atomic mass is 79.9. The standard InChI is InChI=1S/C11H12BrClFNO/c1-11(2,6-13)15-10(16)8-5-7(14)3-4-9(8)12/h3-5H,6H2,1-2H3,(H,15,16). The lowest BCUT2D eigenvalue weighted by Crippen LogP contribution is -2.45. The zero-order chi connectivity index (χ0) is 12.3. The molecule has 1 rings (SSSR count). The Balaban J connectivity index is 2.93. The van der Waals surface area contributed by atoms with E-state index in [4.69, 9.17) is 11.6 Å². The van der Waals surface area contributed by atoms with Crippen LogP contribution in [0.5, 0.6) is 0 Å². The number of halogens is 3. The van der Waals surface area contributed by atoms with Crippen molar-refractivity contribution >= 4 is 33.4 Å². The summed E-state index contributed by atoms with van der Waals surface area (Å²) < 4.78 is 13.5. The molecule has 0 saturated carbocycles. The summed E-state index contributed by atoms with van der Waals surface area (Å²) in [6, 6.07) is 3.97. The smallest absolute Gasteiger partial charge is 0.252 e. The number of carbonyl (C=O) groups excluding carboxylic acids is 1. The van der Waals surface area contributed by atoms with Crippen LogP contribution in [0.2, 0.25) is 0 Å². The maximum atomic E-state index is 13.0. The largest absolute Gasteiger partial charge is 0.346 e. The van der Waals surface area contributed by atoms with Crippen molar-refractivity contribution in [3.8, 4) is 0 Å². The Morgan fingerprint density at radius 3 is 2.75 bits per heavy atom. The average Bonchev–Trinajstić information content (AvgIpc) is 2.21. The molecule has 88 valence electrons. The van der Waals surface area contributed by atoms with Crippen LogP contribution in [-0.4, -0.2) is 17.3 Å². The molecule has 1 aromatic rings. The normalized spacial score (nSPS) is 11.3. The molecule has 0 aromatic heterocycles. The lowest BCUT2D eigenvalue weighted by atomic mass is 10.1. The average molecular weight is 309 g/mol. The highest BCUT2D eigenvalue weighted by Crippen LogP contribution is 2.18. The highest BCUT2D eigenvalue weighted by molar-refractivity contribution is 9.10. The molecule has 0 spiro atoms. The van der Waals surface area contributed by atoms with E-state index in [1.165, 1.54) is 18.2 Å². The quantitative estimate of drug-likeness (QED) is 0.853. The SMILES string of the molecule is CC(C)(CCl)NC(=O)c1cc(F)ccc1Br. The van der Waals surface area contributed by atoms with E-state index in [1.54, 1.807) is 13.8 Å². The van der Waals surface area contributed by atoms with E-state index < -0.39 is 11.4 Å². The van der Waals surface area contributed by atoms with Gasteiger partial charge in [-0.05, 0) is 48.0 Å². The Bertz CT molecular complexity index is 409. The topological polar surface area (TPSA) is 29.1 Å². The van der Waals surface area contributed by atoms with Crippen molar-refractivity contribution in [2.75, 3.05) is 5.88 Å². The van der Waals surface area contributed by atoms with Crippen LogP contribution in [0.15, 0.2) is 22.7 Å². The van der Waals surface area contributed by atoms with Gasteiger partial charge in [-0.2, -0.15) is 0 Å². The van der Waals surface area contributed by atoms with Crippen LogP contribution in [0.25, 0.3) is 0 Å². The van der Waals surface area contributed by atoms with E-state index in [-0.39, 0.29) is 17.4 Å². The van der Waals surface area contributed by atoms with E-state index in [1.807, 2.05) is 0 Å². The van der Waals surface area contributed by atoms with E-state index in [9.17, 15) is 9.18 Å². The molecule has 0 bridgehead atoms. The molecule has 0 aliphatic rings. The Labute approximate surface area is 107 Å². The van der Waals surface area contributed by atoms with Crippen molar-refractivity contribution < 1.29 is 9.18 Å². The molecule has 0 aliphatic heterocycles. The number of nitrogens with one attached hydrogen (secondary N) is 1. The van der Waals surface area contributed by atoms with Crippen LogP contribution >= 0.6 is 27.5 Å². The molecule has 1 N–H and O–H groups in total. The van der Waals surface area contributed by atoms with Gasteiger partial charge in [0, 0.05) is 15.9 Å². The zero-order valence-electron chi connectivity index (χ0n) is 8.98. The number of hydrogen-bond donors (Lipinski definition) is 1. The summed E-state index contributed by atoms with van der Waals surface area (Å²) in [7, 11) is 0. The molecule has 0 radical (unpaired) electrons. The third-order valence-electron chi connectivity index (χ3n) is 1.96. The summed E-state index contributed by atoms with van der Waals surface area (Å²) in [5.41, 5.74) is -0.261. The summed E-state index contributed by atoms with van der Waals surface area (Å²) in [6.07, 6.45) is 0. The number of benzene rings is 1. The Kier molecular flexibility index (Phi) is 4.33. The third-order valence-corrected chi connectivity index (χ3v) is 3.32. The van der Waals surface area contributed by atoms with Crippen molar-refractivity contribution in [1.29, 1.82) is 0 Å². The van der Waals surface area contributed by atoms with Gasteiger partial charge in [-0.1, -0.05) is 0 Å². The molecule has 0 unspecified atom stereocenters. The fourth-order valence-corrected chi connectivity index (χ4v) is 1.57. The zero-order valence-corrected chi connectivity index (χ0v) is 11.3. The van der Waals surface area contributed by atoms with Gasteiger partial charge in [0.2, 0.25) is 0 Å². The molecule has 0 saturated heterocycles. The summed E-state index contributed by atoms with van der Waals surface area (Å²) in [5, 5.41) is 2.72. The van der Waals surface area contributed by atoms with Gasteiger partial charge in [0.15, 0.2) is 0 Å². The van der Waals surface area contributed by atoms with Crippen molar-refractivity contribution in [2.24, 2.45) is 0 Å². The Morgan fingerprint density at radius 1 is 1.56 bits per heavy atom. The summed E-state index contributed by atoms with van der Waals surface area (Å²) in [6.45, 7) is 3.59. The monoisotopic (exact) mass is 307 g/mol. The Morgan fingerprint density at radius 2 is 2.19 bits per heavy atom. The van der Waals surface area contributed by atoms with Gasteiger partial charge in [-0.25, -0.2) is 4.39 Å². The maximum absolute atomic E-state index is 13.0. The lowest BCUT2D eigenvalue weighted by Gasteiger charge is -2.23. The molecule has 2 nitrogen and oxygen atoms in total. The molecule has 0 heterocycles. The van der Waals surface area contributed by atoms with Crippen LogP contribution in [0.3, 0.4) is 0 Å². The minimum atomic E-state index is -0.523. The molecular weight excluding hydrogens is 296 g/mol. The minimum Gasteiger partial charge on any atom is -0.346 e. The molecule has 0 aliphatic carbocycles. The van der Waals surface area contributed by atoms with Crippen molar-refractivity contribution in [3.05, 3.63) is 34.1 Å². The van der Waals surface area contributed by atoms with Crippen LogP contribution in [0, 0.1) is 5.82 Å². The summed E-state index contributed by atoms with van der Waals surface area (Å²) >= 11 is 8.90. The molecule has 16 heavy (non-hydrogen) atoms. The maximum Gasteiger partial charge on any atom is 0.252 e. The number of rotatable bonds is 3. The number of alkyl halides is 1. The number of hydrogen-bond acceptors (Lipinski definition) is 1. The third kappa shape index (κ3) is 3.46. The van der Waals surface area contributed by atoms with Crippen LogP contribution < -0.4 is 5.32 Å². The van der Waals surface area contributed by atoms with Crippen LogP contribution in [-0.2, 0) is 0 Å². The first-order valence-corrected chi connectivity index (χ1v) is 6.02. The second-order valence-electron chi connectivity index (χ2n) is 4.10. The number of carbonyl (C=O) groups is 1. The Hall–Kier alpha value is -0.610.